The number of allylic oxidation sites excluding steroid dienone is 1. The molecule has 0 radical (unpaired) electrons. The van der Waals surface area contributed by atoms with Crippen LogP contribution in [0.5, 0.6) is 0 Å². The highest BCUT2D eigenvalue weighted by Crippen LogP contribution is 2.12. The molecule has 0 aromatic rings. The summed E-state index contributed by atoms with van der Waals surface area (Å²) in [6.07, 6.45) is 11.8. The highest BCUT2D eigenvalue weighted by molar-refractivity contribution is 5.82. The highest BCUT2D eigenvalue weighted by Gasteiger charge is 1.98. The van der Waals surface area contributed by atoms with Crippen LogP contribution in [-0.2, 0) is 9.53 Å². The Morgan fingerprint density at radius 2 is 1.59 bits per heavy atom. The maximum atomic E-state index is 11.2. The Hall–Kier alpha value is -0.790. The van der Waals surface area contributed by atoms with Crippen LogP contribution in [-0.4, -0.2) is 12.6 Å². The summed E-state index contributed by atoms with van der Waals surface area (Å²) in [5.41, 5.74) is 1.14. The summed E-state index contributed by atoms with van der Waals surface area (Å²) in [5, 5.41) is 0. The number of ether oxygens (including phenoxy) is 1. The predicted molar refractivity (Wildman–Crippen MR) is 73.0 cm³/mol. The smallest absolute Gasteiger partial charge is 0.330 e. The predicted octanol–water partition coefficient (Wildman–Crippen LogP) is 4.64. The van der Waals surface area contributed by atoms with E-state index < -0.39 is 0 Å². The summed E-state index contributed by atoms with van der Waals surface area (Å²) < 4.78 is 4.87. The molecule has 0 heterocycles. The molecule has 0 aliphatic rings. The van der Waals surface area contributed by atoms with Crippen molar-refractivity contribution < 1.29 is 9.53 Å². The first-order valence-corrected chi connectivity index (χ1v) is 7.04. The zero-order valence-electron chi connectivity index (χ0n) is 11.8. The summed E-state index contributed by atoms with van der Waals surface area (Å²) in [5.74, 6) is -0.201. The fraction of sp³-hybridized carbons (Fsp3) is 0.800. The molecular formula is C15H28O2. The monoisotopic (exact) mass is 240 g/mol. The third-order valence-electron chi connectivity index (χ3n) is 2.83. The Morgan fingerprint density at radius 1 is 1.00 bits per heavy atom. The van der Waals surface area contributed by atoms with Crippen molar-refractivity contribution in [3.05, 3.63) is 11.6 Å². The maximum Gasteiger partial charge on any atom is 0.330 e. The van der Waals surface area contributed by atoms with E-state index in [9.17, 15) is 4.79 Å². The van der Waals surface area contributed by atoms with Crippen LogP contribution < -0.4 is 0 Å². The van der Waals surface area contributed by atoms with Gasteiger partial charge in [0.15, 0.2) is 0 Å². The van der Waals surface area contributed by atoms with Crippen LogP contribution in [0, 0.1) is 0 Å². The van der Waals surface area contributed by atoms with E-state index in [1.807, 2.05) is 13.8 Å². The van der Waals surface area contributed by atoms with Crippen molar-refractivity contribution >= 4 is 5.97 Å². The van der Waals surface area contributed by atoms with E-state index in [1.54, 1.807) is 6.08 Å². The van der Waals surface area contributed by atoms with Gasteiger partial charge in [-0.3, -0.25) is 0 Å². The van der Waals surface area contributed by atoms with Gasteiger partial charge in [0.25, 0.3) is 0 Å². The average molecular weight is 240 g/mol. The standard InChI is InChI=1S/C15H28O2/c1-4-6-7-8-9-10-11-12-14(3)13-15(16)17-5-2/h13H,4-12H2,1-3H3/b14-13-. The fourth-order valence-electron chi connectivity index (χ4n) is 1.82. The lowest BCUT2D eigenvalue weighted by atomic mass is 10.1. The number of rotatable bonds is 10. The van der Waals surface area contributed by atoms with E-state index >= 15 is 0 Å². The Labute approximate surface area is 106 Å². The van der Waals surface area contributed by atoms with Gasteiger partial charge in [-0.2, -0.15) is 0 Å². The van der Waals surface area contributed by atoms with Crippen LogP contribution in [0.25, 0.3) is 0 Å². The third kappa shape index (κ3) is 11.5. The number of carbonyl (C=O) groups is 1. The van der Waals surface area contributed by atoms with Gasteiger partial charge in [0.1, 0.15) is 0 Å². The van der Waals surface area contributed by atoms with E-state index in [-0.39, 0.29) is 5.97 Å². The number of hydrogen-bond acceptors (Lipinski definition) is 2. The van der Waals surface area contributed by atoms with E-state index in [2.05, 4.69) is 6.92 Å². The molecule has 0 rings (SSSR count). The van der Waals surface area contributed by atoms with E-state index in [4.69, 9.17) is 4.74 Å². The topological polar surface area (TPSA) is 26.3 Å². The van der Waals surface area contributed by atoms with Gasteiger partial charge in [-0.15, -0.1) is 0 Å². The zero-order valence-corrected chi connectivity index (χ0v) is 11.8. The molecule has 17 heavy (non-hydrogen) atoms. The fourth-order valence-corrected chi connectivity index (χ4v) is 1.82. The van der Waals surface area contributed by atoms with Gasteiger partial charge in [-0.25, -0.2) is 4.79 Å². The lowest BCUT2D eigenvalue weighted by Crippen LogP contribution is -2.00. The molecule has 0 aromatic heterocycles. The van der Waals surface area contributed by atoms with Crippen LogP contribution in [0.1, 0.15) is 72.1 Å². The minimum Gasteiger partial charge on any atom is -0.463 e. The molecule has 0 amide bonds. The van der Waals surface area contributed by atoms with Gasteiger partial charge >= 0.3 is 5.97 Å². The lowest BCUT2D eigenvalue weighted by Gasteiger charge is -2.02. The van der Waals surface area contributed by atoms with Gasteiger partial charge in [0, 0.05) is 6.08 Å². The second-order valence-electron chi connectivity index (χ2n) is 4.61. The van der Waals surface area contributed by atoms with Crippen LogP contribution >= 0.6 is 0 Å². The number of unbranched alkanes of at least 4 members (excludes halogenated alkanes) is 6. The van der Waals surface area contributed by atoms with Crippen LogP contribution in [0.4, 0.5) is 0 Å². The van der Waals surface area contributed by atoms with E-state index in [1.165, 1.54) is 44.9 Å². The van der Waals surface area contributed by atoms with Crippen molar-refractivity contribution in [1.29, 1.82) is 0 Å². The molecule has 0 aliphatic heterocycles. The second kappa shape index (κ2) is 11.7. The Kier molecular flexibility index (Phi) is 11.1. The average Bonchev–Trinajstić information content (AvgIpc) is 2.28. The van der Waals surface area contributed by atoms with Gasteiger partial charge in [-0.1, -0.05) is 51.0 Å². The van der Waals surface area contributed by atoms with Crippen molar-refractivity contribution in [3.63, 3.8) is 0 Å². The molecule has 0 atom stereocenters. The summed E-state index contributed by atoms with van der Waals surface area (Å²) in [6, 6.07) is 0. The maximum absolute atomic E-state index is 11.2. The first-order valence-electron chi connectivity index (χ1n) is 7.04. The van der Waals surface area contributed by atoms with Crippen LogP contribution in [0.2, 0.25) is 0 Å². The molecule has 2 nitrogen and oxygen atoms in total. The minimum absolute atomic E-state index is 0.201. The molecule has 100 valence electrons. The summed E-state index contributed by atoms with van der Waals surface area (Å²) in [7, 11) is 0. The normalized spacial score (nSPS) is 11.6. The lowest BCUT2D eigenvalue weighted by molar-refractivity contribution is -0.137. The quantitative estimate of drug-likeness (QED) is 0.316. The van der Waals surface area contributed by atoms with E-state index in [0.717, 1.165) is 12.0 Å². The second-order valence-corrected chi connectivity index (χ2v) is 4.61. The summed E-state index contributed by atoms with van der Waals surface area (Å²) >= 11 is 0. The first-order chi connectivity index (χ1) is 8.20. The number of hydrogen-bond donors (Lipinski definition) is 0. The van der Waals surface area contributed by atoms with Gasteiger partial charge in [0.05, 0.1) is 6.61 Å². The molecule has 0 saturated heterocycles. The molecule has 2 heteroatoms. The minimum atomic E-state index is -0.201. The third-order valence-corrected chi connectivity index (χ3v) is 2.83. The summed E-state index contributed by atoms with van der Waals surface area (Å²) in [4.78, 5) is 11.2. The molecular weight excluding hydrogens is 212 g/mol. The Morgan fingerprint density at radius 3 is 2.18 bits per heavy atom. The first kappa shape index (κ1) is 16.2. The van der Waals surface area contributed by atoms with Gasteiger partial charge < -0.3 is 4.74 Å². The molecule has 0 aliphatic carbocycles. The molecule has 0 N–H and O–H groups in total. The van der Waals surface area contributed by atoms with Crippen molar-refractivity contribution in [2.24, 2.45) is 0 Å². The summed E-state index contributed by atoms with van der Waals surface area (Å²) in [6.45, 7) is 6.54. The largest absolute Gasteiger partial charge is 0.463 e. The van der Waals surface area contributed by atoms with Gasteiger partial charge in [0.2, 0.25) is 0 Å². The molecule has 0 fully saturated rings. The van der Waals surface area contributed by atoms with Crippen molar-refractivity contribution in [3.8, 4) is 0 Å². The molecule has 0 saturated carbocycles. The number of esters is 1. The van der Waals surface area contributed by atoms with Crippen LogP contribution in [0.15, 0.2) is 11.6 Å². The Balaban J connectivity index is 3.44. The van der Waals surface area contributed by atoms with Gasteiger partial charge in [-0.05, 0) is 26.7 Å². The zero-order chi connectivity index (χ0) is 12.9. The van der Waals surface area contributed by atoms with E-state index in [0.29, 0.717) is 6.61 Å². The number of carbonyl (C=O) groups excluding carboxylic acids is 1. The van der Waals surface area contributed by atoms with Crippen molar-refractivity contribution in [2.45, 2.75) is 72.1 Å². The van der Waals surface area contributed by atoms with Crippen molar-refractivity contribution in [1.82, 2.24) is 0 Å². The van der Waals surface area contributed by atoms with Crippen LogP contribution in [0.3, 0.4) is 0 Å². The van der Waals surface area contributed by atoms with Crippen molar-refractivity contribution in [2.75, 3.05) is 6.61 Å². The molecule has 0 spiro atoms. The molecule has 0 unspecified atom stereocenters. The SMILES string of the molecule is CCCCCCCCC/C(C)=C\C(=O)OCC. The highest BCUT2D eigenvalue weighted by atomic mass is 16.5. The molecule has 0 aromatic carbocycles. The Bertz CT molecular complexity index is 219. The molecule has 0 bridgehead atoms.